The first-order chi connectivity index (χ1) is 13.7. The number of nitrogens with one attached hydrogen (secondary N) is 1. The summed E-state index contributed by atoms with van der Waals surface area (Å²) < 4.78 is 10.4. The number of methoxy groups -OCH3 is 1. The minimum atomic E-state index is -0.674. The van der Waals surface area contributed by atoms with Gasteiger partial charge in [0.05, 0.1) is 13.7 Å². The first-order valence-electron chi connectivity index (χ1n) is 10.2. The highest BCUT2D eigenvalue weighted by atomic mass is 16.5. The Labute approximate surface area is 164 Å². The Morgan fingerprint density at radius 1 is 1.39 bits per heavy atom. The molecule has 4 heterocycles. The van der Waals surface area contributed by atoms with Gasteiger partial charge < -0.3 is 14.5 Å². The minimum Gasteiger partial charge on any atom is -0.468 e. The Hall–Kier alpha value is -2.34. The van der Waals surface area contributed by atoms with Gasteiger partial charge in [-0.1, -0.05) is 18.2 Å². The van der Waals surface area contributed by atoms with E-state index in [0.717, 1.165) is 50.0 Å². The maximum Gasteiger partial charge on any atom is 0.319 e. The van der Waals surface area contributed by atoms with Crippen molar-refractivity contribution in [1.82, 2.24) is 9.88 Å². The predicted octanol–water partition coefficient (Wildman–Crippen LogP) is 2.41. The fourth-order valence-electron chi connectivity index (χ4n) is 6.42. The van der Waals surface area contributed by atoms with Gasteiger partial charge >= 0.3 is 5.97 Å². The van der Waals surface area contributed by atoms with Gasteiger partial charge in [0.2, 0.25) is 0 Å². The molecule has 28 heavy (non-hydrogen) atoms. The minimum absolute atomic E-state index is 0.0783. The van der Waals surface area contributed by atoms with Gasteiger partial charge in [0, 0.05) is 35.7 Å². The molecule has 6 heteroatoms. The molecule has 1 aromatic heterocycles. The molecular formula is C22H26N2O4. The summed E-state index contributed by atoms with van der Waals surface area (Å²) in [6.07, 6.45) is 3.62. The number of carbonyl (C=O) groups is 2. The van der Waals surface area contributed by atoms with Crippen molar-refractivity contribution < 1.29 is 19.1 Å². The quantitative estimate of drug-likeness (QED) is 0.488. The van der Waals surface area contributed by atoms with E-state index in [1.165, 1.54) is 18.1 Å². The number of hydrogen-bond acceptors (Lipinski definition) is 5. The molecule has 4 aliphatic rings. The van der Waals surface area contributed by atoms with Crippen LogP contribution in [0.2, 0.25) is 0 Å². The number of ether oxygens (including phenoxy) is 2. The second-order valence-electron chi connectivity index (χ2n) is 8.50. The number of nitrogens with zero attached hydrogens (tertiary/aromatic N) is 1. The standard InChI is InChI=1S/C22H26N2O4/c1-27-21(26)22-11-14-10-15(7-9-28-13-25)20(22)24(12-14)8-6-17-16-4-2-3-5-18(16)23-19(17)22/h2-5,13-15,20,23H,6-12H2,1H3. The molecule has 4 bridgehead atoms. The lowest BCUT2D eigenvalue weighted by Crippen LogP contribution is -2.67. The summed E-state index contributed by atoms with van der Waals surface area (Å²) in [6.45, 7) is 2.90. The molecule has 2 aromatic rings. The lowest BCUT2D eigenvalue weighted by molar-refractivity contribution is -0.163. The number of hydrogen-bond donors (Lipinski definition) is 1. The third-order valence-electron chi connectivity index (χ3n) is 7.22. The molecule has 1 saturated carbocycles. The van der Waals surface area contributed by atoms with E-state index in [1.807, 2.05) is 6.07 Å². The van der Waals surface area contributed by atoms with Gasteiger partial charge in [0.15, 0.2) is 0 Å². The van der Waals surface area contributed by atoms with Crippen molar-refractivity contribution in [2.75, 3.05) is 26.8 Å². The summed E-state index contributed by atoms with van der Waals surface area (Å²) in [5, 5.41) is 1.21. The van der Waals surface area contributed by atoms with Gasteiger partial charge in [-0.3, -0.25) is 14.5 Å². The van der Waals surface area contributed by atoms with Crippen LogP contribution in [0.1, 0.15) is 30.5 Å². The highest BCUT2D eigenvalue weighted by molar-refractivity contribution is 5.91. The number of esters is 1. The van der Waals surface area contributed by atoms with Crippen molar-refractivity contribution in [3.05, 3.63) is 35.5 Å². The number of benzene rings is 1. The number of carbonyl (C=O) groups excluding carboxylic acids is 2. The number of aromatic nitrogens is 1. The lowest BCUT2D eigenvalue weighted by Gasteiger charge is -2.57. The summed E-state index contributed by atoms with van der Waals surface area (Å²) in [4.78, 5) is 30.2. The smallest absolute Gasteiger partial charge is 0.319 e. The Morgan fingerprint density at radius 3 is 3.07 bits per heavy atom. The first-order valence-corrected chi connectivity index (χ1v) is 10.2. The van der Waals surface area contributed by atoms with Gasteiger partial charge in [-0.15, -0.1) is 0 Å². The van der Waals surface area contributed by atoms with Crippen LogP contribution in [-0.4, -0.2) is 55.2 Å². The van der Waals surface area contributed by atoms with E-state index in [2.05, 4.69) is 28.1 Å². The van der Waals surface area contributed by atoms with Crippen LogP contribution in [0.25, 0.3) is 10.9 Å². The lowest BCUT2D eigenvalue weighted by atomic mass is 9.56. The highest BCUT2D eigenvalue weighted by Crippen LogP contribution is 2.55. The normalized spacial score (nSPS) is 33.2. The van der Waals surface area contributed by atoms with Gasteiger partial charge in [0.25, 0.3) is 6.47 Å². The van der Waals surface area contributed by atoms with Crippen LogP contribution < -0.4 is 0 Å². The maximum absolute atomic E-state index is 13.4. The Morgan fingerprint density at radius 2 is 2.25 bits per heavy atom. The van der Waals surface area contributed by atoms with Gasteiger partial charge in [-0.05, 0) is 49.1 Å². The molecule has 148 valence electrons. The van der Waals surface area contributed by atoms with Gasteiger partial charge in [-0.2, -0.15) is 0 Å². The van der Waals surface area contributed by atoms with Gasteiger partial charge in [-0.25, -0.2) is 0 Å². The van der Waals surface area contributed by atoms with Crippen molar-refractivity contribution >= 4 is 23.3 Å². The zero-order valence-electron chi connectivity index (χ0n) is 16.1. The molecule has 3 fully saturated rings. The second kappa shape index (κ2) is 6.62. The van der Waals surface area contributed by atoms with E-state index in [9.17, 15) is 9.59 Å². The van der Waals surface area contributed by atoms with E-state index >= 15 is 0 Å². The van der Waals surface area contributed by atoms with Crippen molar-refractivity contribution in [1.29, 1.82) is 0 Å². The SMILES string of the molecule is COC(=O)C12CC3CC(CCOC=O)C1N(CCc1c2[nH]c2ccccc12)C3. The van der Waals surface area contributed by atoms with Crippen LogP contribution in [0.5, 0.6) is 0 Å². The summed E-state index contributed by atoms with van der Waals surface area (Å²) >= 11 is 0. The van der Waals surface area contributed by atoms with Crippen LogP contribution in [0, 0.1) is 11.8 Å². The molecule has 5 unspecified atom stereocenters. The van der Waals surface area contributed by atoms with Crippen molar-refractivity contribution in [3.63, 3.8) is 0 Å². The van der Waals surface area contributed by atoms with Gasteiger partial charge in [0.1, 0.15) is 5.41 Å². The molecule has 2 saturated heterocycles. The van der Waals surface area contributed by atoms with Crippen LogP contribution in [-0.2, 0) is 30.9 Å². The second-order valence-corrected chi connectivity index (χ2v) is 8.50. The third-order valence-corrected chi connectivity index (χ3v) is 7.22. The number of aromatic amines is 1. The van der Waals surface area contributed by atoms with E-state index in [4.69, 9.17) is 9.47 Å². The van der Waals surface area contributed by atoms with E-state index in [1.54, 1.807) is 0 Å². The molecule has 1 aromatic carbocycles. The molecular weight excluding hydrogens is 356 g/mol. The average molecular weight is 382 g/mol. The van der Waals surface area contributed by atoms with E-state index in [-0.39, 0.29) is 12.0 Å². The van der Waals surface area contributed by atoms with E-state index in [0.29, 0.717) is 24.9 Å². The highest BCUT2D eigenvalue weighted by Gasteiger charge is 2.62. The number of para-hydroxylation sites is 1. The van der Waals surface area contributed by atoms with E-state index < -0.39 is 5.41 Å². The largest absolute Gasteiger partial charge is 0.468 e. The molecule has 1 N–H and O–H groups in total. The summed E-state index contributed by atoms with van der Waals surface area (Å²) in [5.41, 5.74) is 2.73. The predicted molar refractivity (Wildman–Crippen MR) is 104 cm³/mol. The zero-order chi connectivity index (χ0) is 19.3. The third kappa shape index (κ3) is 2.37. The Balaban J connectivity index is 1.68. The van der Waals surface area contributed by atoms with Crippen molar-refractivity contribution in [3.8, 4) is 0 Å². The van der Waals surface area contributed by atoms with Crippen LogP contribution in [0.3, 0.4) is 0 Å². The Kier molecular flexibility index (Phi) is 4.19. The molecule has 0 amide bonds. The molecule has 1 aliphatic carbocycles. The van der Waals surface area contributed by atoms with Crippen molar-refractivity contribution in [2.24, 2.45) is 11.8 Å². The summed E-state index contributed by atoms with van der Waals surface area (Å²) in [6, 6.07) is 8.40. The fourth-order valence-corrected chi connectivity index (χ4v) is 6.42. The topological polar surface area (TPSA) is 71.6 Å². The Bertz CT molecular complexity index is 922. The molecule has 6 rings (SSSR count). The van der Waals surface area contributed by atoms with Crippen molar-refractivity contribution in [2.45, 2.75) is 37.1 Å². The number of piperidine rings is 2. The molecule has 0 radical (unpaired) electrons. The zero-order valence-corrected chi connectivity index (χ0v) is 16.1. The fraction of sp³-hybridized carbons (Fsp3) is 0.545. The average Bonchev–Trinajstić information content (AvgIpc) is 3.06. The number of rotatable bonds is 5. The number of fused-ring (bicyclic) bond motifs is 4. The van der Waals surface area contributed by atoms with Crippen LogP contribution in [0.4, 0.5) is 0 Å². The van der Waals surface area contributed by atoms with Crippen LogP contribution >= 0.6 is 0 Å². The molecule has 0 spiro atoms. The molecule has 5 atom stereocenters. The molecule has 6 nitrogen and oxygen atoms in total. The monoisotopic (exact) mass is 382 g/mol. The summed E-state index contributed by atoms with van der Waals surface area (Å²) in [7, 11) is 1.50. The maximum atomic E-state index is 13.4. The summed E-state index contributed by atoms with van der Waals surface area (Å²) in [5.74, 6) is 0.620. The van der Waals surface area contributed by atoms with Crippen LogP contribution in [0.15, 0.2) is 24.3 Å². The number of H-pyrrole nitrogens is 1. The first kappa shape index (κ1) is 17.7. The molecule has 3 aliphatic heterocycles.